The summed E-state index contributed by atoms with van der Waals surface area (Å²) in [6.45, 7) is 4.45. The van der Waals surface area contributed by atoms with Gasteiger partial charge in [-0.1, -0.05) is 26.7 Å². The molecule has 0 radical (unpaired) electrons. The summed E-state index contributed by atoms with van der Waals surface area (Å²) in [6.07, 6.45) is 10.7. The SMILES string of the molecule is CCCC1CCc2cc(C3CCC(CC)CC3)c(F)cc2O1. The highest BCUT2D eigenvalue weighted by Crippen LogP contribution is 2.40. The highest BCUT2D eigenvalue weighted by atomic mass is 19.1. The van der Waals surface area contributed by atoms with Crippen molar-refractivity contribution < 1.29 is 9.13 Å². The molecule has 1 aliphatic heterocycles. The van der Waals surface area contributed by atoms with E-state index in [1.165, 1.54) is 24.8 Å². The van der Waals surface area contributed by atoms with Crippen molar-refractivity contribution in [2.24, 2.45) is 5.92 Å². The molecule has 0 amide bonds. The minimum absolute atomic E-state index is 0.0455. The Bertz CT molecular complexity index is 503. The predicted molar refractivity (Wildman–Crippen MR) is 89.0 cm³/mol. The first-order valence-electron chi connectivity index (χ1n) is 9.20. The molecule has 1 atom stereocenters. The highest BCUT2D eigenvalue weighted by Gasteiger charge is 2.26. The van der Waals surface area contributed by atoms with Crippen molar-refractivity contribution in [1.82, 2.24) is 0 Å². The number of halogens is 1. The summed E-state index contributed by atoms with van der Waals surface area (Å²) in [6, 6.07) is 3.78. The first-order chi connectivity index (χ1) is 10.7. The summed E-state index contributed by atoms with van der Waals surface area (Å²) < 4.78 is 20.6. The van der Waals surface area contributed by atoms with Crippen LogP contribution in [-0.4, -0.2) is 6.10 Å². The lowest BCUT2D eigenvalue weighted by molar-refractivity contribution is 0.162. The normalized spacial score (nSPS) is 28.0. The van der Waals surface area contributed by atoms with E-state index in [0.717, 1.165) is 55.8 Å². The Morgan fingerprint density at radius 2 is 1.86 bits per heavy atom. The second-order valence-corrected chi connectivity index (χ2v) is 7.17. The fourth-order valence-electron chi connectivity index (χ4n) is 4.20. The van der Waals surface area contributed by atoms with Gasteiger partial charge in [0.2, 0.25) is 0 Å². The summed E-state index contributed by atoms with van der Waals surface area (Å²) >= 11 is 0. The van der Waals surface area contributed by atoms with Gasteiger partial charge in [0, 0.05) is 6.07 Å². The first kappa shape index (κ1) is 15.8. The fourth-order valence-corrected chi connectivity index (χ4v) is 4.20. The Morgan fingerprint density at radius 1 is 1.09 bits per heavy atom. The topological polar surface area (TPSA) is 9.23 Å². The van der Waals surface area contributed by atoms with Crippen molar-refractivity contribution in [2.45, 2.75) is 83.7 Å². The van der Waals surface area contributed by atoms with Gasteiger partial charge in [0.05, 0.1) is 6.10 Å². The molecule has 0 N–H and O–H groups in total. The highest BCUT2D eigenvalue weighted by molar-refractivity contribution is 5.41. The zero-order chi connectivity index (χ0) is 15.5. The lowest BCUT2D eigenvalue weighted by Gasteiger charge is -2.30. The van der Waals surface area contributed by atoms with E-state index in [1.807, 2.05) is 0 Å². The molecule has 1 heterocycles. The Morgan fingerprint density at radius 3 is 2.55 bits per heavy atom. The molecule has 1 aliphatic carbocycles. The third-order valence-corrected chi connectivity index (χ3v) is 5.68. The molecule has 1 aromatic carbocycles. The largest absolute Gasteiger partial charge is 0.490 e. The van der Waals surface area contributed by atoms with Gasteiger partial charge < -0.3 is 4.74 Å². The number of hydrogen-bond acceptors (Lipinski definition) is 1. The molecule has 122 valence electrons. The first-order valence-corrected chi connectivity index (χ1v) is 9.20. The van der Waals surface area contributed by atoms with Gasteiger partial charge in [-0.2, -0.15) is 0 Å². The maximum atomic E-state index is 14.6. The molecule has 0 spiro atoms. The van der Waals surface area contributed by atoms with Gasteiger partial charge in [0.25, 0.3) is 0 Å². The van der Waals surface area contributed by atoms with Gasteiger partial charge in [-0.25, -0.2) is 4.39 Å². The Balaban J connectivity index is 1.75. The van der Waals surface area contributed by atoms with E-state index in [9.17, 15) is 4.39 Å². The van der Waals surface area contributed by atoms with Crippen molar-refractivity contribution in [1.29, 1.82) is 0 Å². The average molecular weight is 304 g/mol. The van der Waals surface area contributed by atoms with Crippen LogP contribution < -0.4 is 4.74 Å². The molecule has 22 heavy (non-hydrogen) atoms. The molecule has 1 aromatic rings. The summed E-state index contributed by atoms with van der Waals surface area (Å²) in [5.41, 5.74) is 2.17. The van der Waals surface area contributed by atoms with Crippen LogP contribution in [0.4, 0.5) is 4.39 Å². The van der Waals surface area contributed by atoms with Gasteiger partial charge in [0.1, 0.15) is 11.6 Å². The molecular formula is C20H29FO. The predicted octanol–water partition coefficient (Wildman–Crippen LogP) is 6.00. The molecule has 2 heteroatoms. The van der Waals surface area contributed by atoms with Crippen LogP contribution in [0.2, 0.25) is 0 Å². The van der Waals surface area contributed by atoms with Gasteiger partial charge in [-0.05, 0) is 74.0 Å². The van der Waals surface area contributed by atoms with Crippen molar-refractivity contribution in [3.63, 3.8) is 0 Å². The lowest BCUT2D eigenvalue weighted by atomic mass is 9.77. The Kier molecular flexibility index (Phi) is 5.05. The summed E-state index contributed by atoms with van der Waals surface area (Å²) in [5, 5.41) is 0. The number of ether oxygens (including phenoxy) is 1. The molecule has 2 aliphatic rings. The molecular weight excluding hydrogens is 275 g/mol. The molecule has 1 fully saturated rings. The van der Waals surface area contributed by atoms with Crippen LogP contribution in [0.1, 0.15) is 82.3 Å². The molecule has 0 saturated heterocycles. The minimum Gasteiger partial charge on any atom is -0.490 e. The molecule has 1 saturated carbocycles. The summed E-state index contributed by atoms with van der Waals surface area (Å²) in [4.78, 5) is 0. The van der Waals surface area contributed by atoms with Crippen molar-refractivity contribution in [3.05, 3.63) is 29.1 Å². The van der Waals surface area contributed by atoms with Crippen LogP contribution in [0, 0.1) is 11.7 Å². The summed E-state index contributed by atoms with van der Waals surface area (Å²) in [7, 11) is 0. The molecule has 1 unspecified atom stereocenters. The van der Waals surface area contributed by atoms with Crippen molar-refractivity contribution >= 4 is 0 Å². The van der Waals surface area contributed by atoms with Gasteiger partial charge in [-0.3, -0.25) is 0 Å². The number of hydrogen-bond donors (Lipinski definition) is 0. The molecule has 1 nitrogen and oxygen atoms in total. The van der Waals surface area contributed by atoms with E-state index in [2.05, 4.69) is 19.9 Å². The van der Waals surface area contributed by atoms with Crippen LogP contribution in [0.5, 0.6) is 5.75 Å². The second-order valence-electron chi connectivity index (χ2n) is 7.17. The van der Waals surface area contributed by atoms with Crippen molar-refractivity contribution in [2.75, 3.05) is 0 Å². The van der Waals surface area contributed by atoms with Gasteiger partial charge >= 0.3 is 0 Å². The van der Waals surface area contributed by atoms with E-state index < -0.39 is 0 Å². The van der Waals surface area contributed by atoms with Crippen molar-refractivity contribution in [3.8, 4) is 5.75 Å². The maximum Gasteiger partial charge on any atom is 0.130 e. The quantitative estimate of drug-likeness (QED) is 0.662. The standard InChI is InChI=1S/C20H29FO/c1-3-5-17-11-10-16-12-18(19(21)13-20(16)22-17)15-8-6-14(4-2)7-9-15/h12-15,17H,3-11H2,1-2H3. The minimum atomic E-state index is -0.0455. The Hall–Kier alpha value is -1.05. The number of aryl methyl sites for hydroxylation is 1. The summed E-state index contributed by atoms with van der Waals surface area (Å²) in [5.74, 6) is 2.03. The lowest BCUT2D eigenvalue weighted by Crippen LogP contribution is -2.23. The monoisotopic (exact) mass is 304 g/mol. The fraction of sp³-hybridized carbons (Fsp3) is 0.700. The van der Waals surface area contributed by atoms with Crippen LogP contribution >= 0.6 is 0 Å². The third-order valence-electron chi connectivity index (χ3n) is 5.68. The van der Waals surface area contributed by atoms with Crippen LogP contribution in [0.25, 0.3) is 0 Å². The zero-order valence-electron chi connectivity index (χ0n) is 14.0. The molecule has 0 aromatic heterocycles. The molecule has 0 bridgehead atoms. The van der Waals surface area contributed by atoms with E-state index in [4.69, 9.17) is 4.74 Å². The van der Waals surface area contributed by atoms with Crippen LogP contribution in [-0.2, 0) is 6.42 Å². The van der Waals surface area contributed by atoms with Gasteiger partial charge in [-0.15, -0.1) is 0 Å². The number of rotatable bonds is 4. The second kappa shape index (κ2) is 7.02. The number of benzene rings is 1. The van der Waals surface area contributed by atoms with E-state index in [-0.39, 0.29) is 11.9 Å². The van der Waals surface area contributed by atoms with Gasteiger partial charge in [0.15, 0.2) is 0 Å². The van der Waals surface area contributed by atoms with Crippen LogP contribution in [0.3, 0.4) is 0 Å². The Labute approximate surface area is 134 Å². The zero-order valence-corrected chi connectivity index (χ0v) is 14.0. The average Bonchev–Trinajstić information content (AvgIpc) is 2.54. The third kappa shape index (κ3) is 3.31. The maximum absolute atomic E-state index is 14.6. The number of fused-ring (bicyclic) bond motifs is 1. The van der Waals surface area contributed by atoms with E-state index in [0.29, 0.717) is 5.92 Å². The van der Waals surface area contributed by atoms with E-state index in [1.54, 1.807) is 6.07 Å². The molecule has 3 rings (SSSR count). The van der Waals surface area contributed by atoms with E-state index >= 15 is 0 Å². The smallest absolute Gasteiger partial charge is 0.130 e. The van der Waals surface area contributed by atoms with Crippen LogP contribution in [0.15, 0.2) is 12.1 Å².